The van der Waals surface area contributed by atoms with Crippen LogP contribution in [-0.2, 0) is 0 Å². The smallest absolute Gasteiger partial charge is 0.253 e. The first kappa shape index (κ1) is 16.5. The number of halogens is 2. The predicted molar refractivity (Wildman–Crippen MR) is 98.0 cm³/mol. The number of carbonyl (C=O) groups is 1. The number of carbonyl (C=O) groups excluding carboxylic acids is 1. The molecule has 0 N–H and O–H groups in total. The van der Waals surface area contributed by atoms with Gasteiger partial charge in [0, 0.05) is 34.1 Å². The molecular formula is C17H16ClIN2O2. The Hall–Kier alpha value is -1.34. The summed E-state index contributed by atoms with van der Waals surface area (Å²) in [5.41, 5.74) is 0.716. The predicted octanol–water partition coefficient (Wildman–Crippen LogP) is 4.02. The summed E-state index contributed by atoms with van der Waals surface area (Å²) in [6, 6.07) is 9.38. The molecule has 6 heteroatoms. The standard InChI is InChI=1S/C17H16ClIN2O2/c18-15-10-20-8-7-16(15)23-14-2-1-9-21(11-14)17(22)12-3-5-13(19)6-4-12/h3-8,10,14H,1-2,9,11H2. The van der Waals surface area contributed by atoms with Crippen molar-refractivity contribution in [1.29, 1.82) is 0 Å². The second-order valence-corrected chi connectivity index (χ2v) is 7.10. The highest BCUT2D eigenvalue weighted by Gasteiger charge is 2.26. The Kier molecular flexibility index (Phi) is 5.38. The van der Waals surface area contributed by atoms with Crippen LogP contribution in [0.3, 0.4) is 0 Å². The van der Waals surface area contributed by atoms with Crippen LogP contribution in [0.1, 0.15) is 23.2 Å². The average molecular weight is 443 g/mol. The Labute approximate surface area is 153 Å². The Bertz CT molecular complexity index is 693. The van der Waals surface area contributed by atoms with Crippen molar-refractivity contribution in [3.05, 3.63) is 56.9 Å². The highest BCUT2D eigenvalue weighted by atomic mass is 127. The number of pyridine rings is 1. The van der Waals surface area contributed by atoms with Gasteiger partial charge in [-0.25, -0.2) is 0 Å². The second-order valence-electron chi connectivity index (χ2n) is 5.45. The van der Waals surface area contributed by atoms with Crippen LogP contribution < -0.4 is 4.74 Å². The van der Waals surface area contributed by atoms with Gasteiger partial charge < -0.3 is 9.64 Å². The van der Waals surface area contributed by atoms with Crippen molar-refractivity contribution in [2.45, 2.75) is 18.9 Å². The maximum Gasteiger partial charge on any atom is 0.253 e. The third kappa shape index (κ3) is 4.14. The van der Waals surface area contributed by atoms with E-state index in [9.17, 15) is 4.79 Å². The summed E-state index contributed by atoms with van der Waals surface area (Å²) >= 11 is 8.31. The van der Waals surface area contributed by atoms with Crippen molar-refractivity contribution >= 4 is 40.1 Å². The van der Waals surface area contributed by atoms with Crippen molar-refractivity contribution < 1.29 is 9.53 Å². The van der Waals surface area contributed by atoms with E-state index in [1.54, 1.807) is 18.5 Å². The summed E-state index contributed by atoms with van der Waals surface area (Å²) in [7, 11) is 0. The largest absolute Gasteiger partial charge is 0.487 e. The second kappa shape index (κ2) is 7.49. The van der Waals surface area contributed by atoms with E-state index in [2.05, 4.69) is 27.6 Å². The minimum Gasteiger partial charge on any atom is -0.487 e. The Balaban J connectivity index is 1.67. The first-order chi connectivity index (χ1) is 11.1. The van der Waals surface area contributed by atoms with E-state index >= 15 is 0 Å². The molecule has 1 atom stereocenters. The summed E-state index contributed by atoms with van der Waals surface area (Å²) in [6.07, 6.45) is 5.00. The Morgan fingerprint density at radius 3 is 2.83 bits per heavy atom. The molecule has 1 aromatic heterocycles. The van der Waals surface area contributed by atoms with Gasteiger partial charge in [-0.15, -0.1) is 0 Å². The molecule has 0 spiro atoms. The molecule has 1 saturated heterocycles. The third-order valence-corrected chi connectivity index (χ3v) is 4.79. The van der Waals surface area contributed by atoms with Gasteiger partial charge in [0.2, 0.25) is 0 Å². The van der Waals surface area contributed by atoms with Crippen molar-refractivity contribution in [3.8, 4) is 5.75 Å². The molecule has 1 unspecified atom stereocenters. The van der Waals surface area contributed by atoms with Crippen LogP contribution in [0.15, 0.2) is 42.7 Å². The van der Waals surface area contributed by atoms with Crippen LogP contribution in [-0.4, -0.2) is 35.0 Å². The minimum atomic E-state index is -0.0450. The average Bonchev–Trinajstić information content (AvgIpc) is 2.57. The molecule has 23 heavy (non-hydrogen) atoms. The zero-order valence-corrected chi connectivity index (χ0v) is 15.3. The van der Waals surface area contributed by atoms with Gasteiger partial charge in [0.15, 0.2) is 0 Å². The molecule has 1 amide bonds. The van der Waals surface area contributed by atoms with Gasteiger partial charge in [-0.05, 0) is 59.7 Å². The van der Waals surface area contributed by atoms with Gasteiger partial charge in [0.25, 0.3) is 5.91 Å². The van der Waals surface area contributed by atoms with Crippen molar-refractivity contribution in [1.82, 2.24) is 9.88 Å². The molecule has 1 aliphatic heterocycles. The first-order valence-corrected chi connectivity index (χ1v) is 8.90. The van der Waals surface area contributed by atoms with Gasteiger partial charge in [-0.3, -0.25) is 9.78 Å². The molecule has 0 radical (unpaired) electrons. The molecule has 120 valence electrons. The highest BCUT2D eigenvalue weighted by molar-refractivity contribution is 14.1. The lowest BCUT2D eigenvalue weighted by molar-refractivity contribution is 0.0538. The van der Waals surface area contributed by atoms with Crippen molar-refractivity contribution in [3.63, 3.8) is 0 Å². The zero-order valence-electron chi connectivity index (χ0n) is 12.4. The maximum absolute atomic E-state index is 12.6. The molecule has 4 nitrogen and oxygen atoms in total. The maximum atomic E-state index is 12.6. The zero-order chi connectivity index (χ0) is 16.2. The highest BCUT2D eigenvalue weighted by Crippen LogP contribution is 2.26. The Morgan fingerprint density at radius 2 is 2.09 bits per heavy atom. The van der Waals surface area contributed by atoms with Crippen LogP contribution in [0.4, 0.5) is 0 Å². The molecule has 1 aliphatic rings. The van der Waals surface area contributed by atoms with Crippen LogP contribution in [0.5, 0.6) is 5.75 Å². The molecule has 2 aromatic rings. The quantitative estimate of drug-likeness (QED) is 0.674. The number of hydrogen-bond donors (Lipinski definition) is 0. The van der Waals surface area contributed by atoms with E-state index in [1.807, 2.05) is 29.2 Å². The number of likely N-dealkylation sites (tertiary alicyclic amines) is 1. The lowest BCUT2D eigenvalue weighted by Gasteiger charge is -2.33. The molecule has 1 aromatic carbocycles. The lowest BCUT2D eigenvalue weighted by atomic mass is 10.1. The van der Waals surface area contributed by atoms with E-state index in [4.69, 9.17) is 16.3 Å². The summed E-state index contributed by atoms with van der Waals surface area (Å²) < 4.78 is 7.07. The summed E-state index contributed by atoms with van der Waals surface area (Å²) in [6.45, 7) is 1.33. The summed E-state index contributed by atoms with van der Waals surface area (Å²) in [5, 5.41) is 0.494. The normalized spacial score (nSPS) is 17.8. The SMILES string of the molecule is O=C(c1ccc(I)cc1)N1CCCC(Oc2ccncc2Cl)C1. The number of ether oxygens (including phenoxy) is 1. The van der Waals surface area contributed by atoms with E-state index in [1.165, 1.54) is 0 Å². The monoisotopic (exact) mass is 442 g/mol. The topological polar surface area (TPSA) is 42.4 Å². The number of amides is 1. The van der Waals surface area contributed by atoms with Gasteiger partial charge in [-0.1, -0.05) is 11.6 Å². The van der Waals surface area contributed by atoms with Gasteiger partial charge in [0.05, 0.1) is 6.54 Å². The number of piperidine rings is 1. The van der Waals surface area contributed by atoms with E-state index in [0.717, 1.165) is 23.0 Å². The fraction of sp³-hybridized carbons (Fsp3) is 0.294. The fourth-order valence-corrected chi connectivity index (χ4v) is 3.15. The molecule has 0 bridgehead atoms. The number of rotatable bonds is 3. The van der Waals surface area contributed by atoms with E-state index in [-0.39, 0.29) is 12.0 Å². The summed E-state index contributed by atoms with van der Waals surface area (Å²) in [5.74, 6) is 0.672. The van der Waals surface area contributed by atoms with Gasteiger partial charge in [0.1, 0.15) is 16.9 Å². The number of aromatic nitrogens is 1. The first-order valence-electron chi connectivity index (χ1n) is 7.44. The van der Waals surface area contributed by atoms with Crippen LogP contribution in [0.2, 0.25) is 5.02 Å². The third-order valence-electron chi connectivity index (χ3n) is 3.79. The molecule has 1 fully saturated rings. The van der Waals surface area contributed by atoms with Crippen LogP contribution in [0.25, 0.3) is 0 Å². The molecule has 2 heterocycles. The number of benzene rings is 1. The fourth-order valence-electron chi connectivity index (χ4n) is 2.63. The van der Waals surface area contributed by atoms with Gasteiger partial charge >= 0.3 is 0 Å². The molecule has 3 rings (SSSR count). The van der Waals surface area contributed by atoms with Crippen molar-refractivity contribution in [2.24, 2.45) is 0 Å². The Morgan fingerprint density at radius 1 is 1.30 bits per heavy atom. The van der Waals surface area contributed by atoms with Gasteiger partial charge in [-0.2, -0.15) is 0 Å². The molecule has 0 aliphatic carbocycles. The number of hydrogen-bond acceptors (Lipinski definition) is 3. The van der Waals surface area contributed by atoms with E-state index < -0.39 is 0 Å². The summed E-state index contributed by atoms with van der Waals surface area (Å²) in [4.78, 5) is 18.4. The lowest BCUT2D eigenvalue weighted by Crippen LogP contribution is -2.44. The van der Waals surface area contributed by atoms with Crippen LogP contribution in [0, 0.1) is 3.57 Å². The van der Waals surface area contributed by atoms with E-state index in [0.29, 0.717) is 22.9 Å². The molecular weight excluding hydrogens is 427 g/mol. The molecule has 0 saturated carbocycles. The number of nitrogens with zero attached hydrogens (tertiary/aromatic N) is 2. The minimum absolute atomic E-state index is 0.0450. The van der Waals surface area contributed by atoms with Crippen molar-refractivity contribution in [2.75, 3.05) is 13.1 Å². The van der Waals surface area contributed by atoms with Crippen LogP contribution >= 0.6 is 34.2 Å².